The number of pyridine rings is 1. The van der Waals surface area contributed by atoms with Crippen LogP contribution in [0.15, 0.2) is 42.6 Å². The van der Waals surface area contributed by atoms with Crippen molar-refractivity contribution in [2.24, 2.45) is 5.92 Å². The maximum absolute atomic E-state index is 12.8. The van der Waals surface area contributed by atoms with Crippen molar-refractivity contribution in [1.29, 1.82) is 0 Å². The van der Waals surface area contributed by atoms with Gasteiger partial charge in [-0.05, 0) is 48.6 Å². The summed E-state index contributed by atoms with van der Waals surface area (Å²) in [7, 11) is 0. The molecule has 1 aliphatic heterocycles. The van der Waals surface area contributed by atoms with Crippen LogP contribution in [0.4, 0.5) is 10.1 Å². The highest BCUT2D eigenvalue weighted by Gasteiger charge is 2.18. The van der Waals surface area contributed by atoms with Crippen LogP contribution >= 0.6 is 0 Å². The minimum atomic E-state index is -0.602. The molecule has 0 saturated carbocycles. The molecule has 0 aliphatic carbocycles. The van der Waals surface area contributed by atoms with Crippen LogP contribution in [0.2, 0.25) is 0 Å². The molecule has 6 heteroatoms. The monoisotopic (exact) mass is 343 g/mol. The van der Waals surface area contributed by atoms with Crippen molar-refractivity contribution < 1.29 is 14.3 Å². The molecule has 1 aromatic carbocycles. The van der Waals surface area contributed by atoms with E-state index in [0.29, 0.717) is 18.0 Å². The number of carbonyl (C=O) groups excluding carboxylic acids is 1. The lowest BCUT2D eigenvalue weighted by atomic mass is 9.97. The van der Waals surface area contributed by atoms with Crippen LogP contribution in [-0.2, 0) is 6.54 Å². The molecule has 2 heterocycles. The van der Waals surface area contributed by atoms with Crippen LogP contribution in [0.5, 0.6) is 0 Å². The molecule has 3 rings (SSSR count). The highest BCUT2D eigenvalue weighted by atomic mass is 19.1. The summed E-state index contributed by atoms with van der Waals surface area (Å²) in [4.78, 5) is 17.8. The first-order chi connectivity index (χ1) is 12.2. The Balaban J connectivity index is 1.52. The van der Waals surface area contributed by atoms with Gasteiger partial charge in [-0.15, -0.1) is 0 Å². The molecule has 0 unspecified atom stereocenters. The summed E-state index contributed by atoms with van der Waals surface area (Å²) in [6.45, 7) is 2.59. The standard InChI is InChI=1S/C19H22FN3O2/c20-18-6-3-16(12-21-18)19(25)22-11-14-1-4-17(5-2-14)23-9-7-15(13-24)8-10-23/h1-6,12,15,24H,7-11,13H2,(H,22,25). The molecule has 0 spiro atoms. The number of benzene rings is 1. The van der Waals surface area contributed by atoms with Crippen LogP contribution in [0, 0.1) is 11.9 Å². The molecule has 0 radical (unpaired) electrons. The van der Waals surface area contributed by atoms with Gasteiger partial charge in [0.1, 0.15) is 0 Å². The normalized spacial score (nSPS) is 15.2. The highest BCUT2D eigenvalue weighted by Crippen LogP contribution is 2.23. The van der Waals surface area contributed by atoms with Gasteiger partial charge in [0.15, 0.2) is 0 Å². The van der Waals surface area contributed by atoms with Crippen molar-refractivity contribution in [2.75, 3.05) is 24.6 Å². The van der Waals surface area contributed by atoms with Gasteiger partial charge < -0.3 is 15.3 Å². The fourth-order valence-corrected chi connectivity index (χ4v) is 2.99. The van der Waals surface area contributed by atoms with E-state index in [4.69, 9.17) is 0 Å². The summed E-state index contributed by atoms with van der Waals surface area (Å²) in [5, 5.41) is 12.0. The first-order valence-electron chi connectivity index (χ1n) is 8.50. The number of amides is 1. The Hall–Kier alpha value is -2.47. The predicted octanol–water partition coefficient (Wildman–Crippen LogP) is 2.36. The predicted molar refractivity (Wildman–Crippen MR) is 93.8 cm³/mol. The van der Waals surface area contributed by atoms with Gasteiger partial charge in [-0.3, -0.25) is 4.79 Å². The first kappa shape index (κ1) is 17.4. The van der Waals surface area contributed by atoms with Gasteiger partial charge in [-0.25, -0.2) is 4.98 Å². The van der Waals surface area contributed by atoms with E-state index in [0.717, 1.165) is 37.2 Å². The Labute approximate surface area is 146 Å². The molecule has 0 bridgehead atoms. The van der Waals surface area contributed by atoms with Crippen LogP contribution in [0.1, 0.15) is 28.8 Å². The van der Waals surface area contributed by atoms with Crippen molar-refractivity contribution in [3.8, 4) is 0 Å². The lowest BCUT2D eigenvalue weighted by Crippen LogP contribution is -2.34. The Morgan fingerprint density at radius 3 is 2.52 bits per heavy atom. The van der Waals surface area contributed by atoms with Gasteiger partial charge in [0.2, 0.25) is 5.95 Å². The number of hydrogen-bond acceptors (Lipinski definition) is 4. The van der Waals surface area contributed by atoms with Gasteiger partial charge in [0.25, 0.3) is 5.91 Å². The maximum Gasteiger partial charge on any atom is 0.253 e. The van der Waals surface area contributed by atoms with Gasteiger partial charge in [0.05, 0.1) is 5.56 Å². The number of piperidine rings is 1. The smallest absolute Gasteiger partial charge is 0.253 e. The quantitative estimate of drug-likeness (QED) is 0.818. The third-order valence-electron chi connectivity index (χ3n) is 4.62. The molecule has 25 heavy (non-hydrogen) atoms. The number of anilines is 1. The number of hydrogen-bond donors (Lipinski definition) is 2. The second-order valence-corrected chi connectivity index (χ2v) is 6.33. The second kappa shape index (κ2) is 8.07. The average Bonchev–Trinajstić information content (AvgIpc) is 2.67. The molecule has 2 aromatic rings. The van der Waals surface area contributed by atoms with E-state index in [1.54, 1.807) is 0 Å². The highest BCUT2D eigenvalue weighted by molar-refractivity contribution is 5.93. The van der Waals surface area contributed by atoms with Crippen molar-refractivity contribution >= 4 is 11.6 Å². The van der Waals surface area contributed by atoms with Crippen molar-refractivity contribution in [3.05, 3.63) is 59.7 Å². The fraction of sp³-hybridized carbons (Fsp3) is 0.368. The average molecular weight is 343 g/mol. The molecule has 1 fully saturated rings. The topological polar surface area (TPSA) is 65.5 Å². The van der Waals surface area contributed by atoms with E-state index < -0.39 is 5.95 Å². The molecule has 1 amide bonds. The van der Waals surface area contributed by atoms with E-state index in [-0.39, 0.29) is 12.5 Å². The van der Waals surface area contributed by atoms with E-state index in [1.165, 1.54) is 18.3 Å². The summed E-state index contributed by atoms with van der Waals surface area (Å²) in [5.74, 6) is -0.454. The van der Waals surface area contributed by atoms with E-state index in [2.05, 4.69) is 27.3 Å². The number of rotatable bonds is 5. The van der Waals surface area contributed by atoms with Gasteiger partial charge in [-0.2, -0.15) is 4.39 Å². The Kier molecular flexibility index (Phi) is 5.60. The summed E-state index contributed by atoms with van der Waals surface area (Å²) in [5.41, 5.74) is 2.50. The van der Waals surface area contributed by atoms with Crippen molar-refractivity contribution in [2.45, 2.75) is 19.4 Å². The minimum Gasteiger partial charge on any atom is -0.396 e. The van der Waals surface area contributed by atoms with Crippen LogP contribution in [-0.4, -0.2) is 35.7 Å². The van der Waals surface area contributed by atoms with Crippen LogP contribution < -0.4 is 10.2 Å². The molecule has 0 atom stereocenters. The van der Waals surface area contributed by atoms with Crippen molar-refractivity contribution in [1.82, 2.24) is 10.3 Å². The zero-order valence-electron chi connectivity index (χ0n) is 14.0. The number of carbonyl (C=O) groups is 1. The molecular formula is C19H22FN3O2. The lowest BCUT2D eigenvalue weighted by molar-refractivity contribution is 0.0950. The fourth-order valence-electron chi connectivity index (χ4n) is 2.99. The molecular weight excluding hydrogens is 321 g/mol. The summed E-state index contributed by atoms with van der Waals surface area (Å²) >= 11 is 0. The molecule has 2 N–H and O–H groups in total. The number of aliphatic hydroxyl groups excluding tert-OH is 1. The third-order valence-corrected chi connectivity index (χ3v) is 4.62. The number of nitrogens with zero attached hydrogens (tertiary/aromatic N) is 2. The van der Waals surface area contributed by atoms with Crippen LogP contribution in [0.25, 0.3) is 0 Å². The Morgan fingerprint density at radius 1 is 1.20 bits per heavy atom. The van der Waals surface area contributed by atoms with Gasteiger partial charge >= 0.3 is 0 Å². The van der Waals surface area contributed by atoms with Crippen LogP contribution in [0.3, 0.4) is 0 Å². The van der Waals surface area contributed by atoms with E-state index in [9.17, 15) is 14.3 Å². The first-order valence-corrected chi connectivity index (χ1v) is 8.50. The minimum absolute atomic E-state index is 0.274. The zero-order chi connectivity index (χ0) is 17.6. The molecule has 1 aromatic heterocycles. The molecule has 132 valence electrons. The summed E-state index contributed by atoms with van der Waals surface area (Å²) < 4.78 is 12.8. The van der Waals surface area contributed by atoms with Crippen molar-refractivity contribution in [3.63, 3.8) is 0 Å². The Morgan fingerprint density at radius 2 is 1.92 bits per heavy atom. The third kappa shape index (κ3) is 4.54. The Bertz CT molecular complexity index is 696. The number of aliphatic hydroxyl groups is 1. The van der Waals surface area contributed by atoms with E-state index in [1.807, 2.05) is 12.1 Å². The maximum atomic E-state index is 12.8. The lowest BCUT2D eigenvalue weighted by Gasteiger charge is -2.33. The summed E-state index contributed by atoms with van der Waals surface area (Å²) in [6.07, 6.45) is 3.25. The number of halogens is 1. The second-order valence-electron chi connectivity index (χ2n) is 6.33. The van der Waals surface area contributed by atoms with E-state index >= 15 is 0 Å². The molecule has 1 aliphatic rings. The largest absolute Gasteiger partial charge is 0.396 e. The summed E-state index contributed by atoms with van der Waals surface area (Å²) in [6, 6.07) is 10.7. The number of nitrogens with one attached hydrogen (secondary N) is 1. The van der Waals surface area contributed by atoms with Gasteiger partial charge in [-0.1, -0.05) is 12.1 Å². The zero-order valence-corrected chi connectivity index (χ0v) is 14.0. The van der Waals surface area contributed by atoms with Gasteiger partial charge in [0, 0.05) is 38.1 Å². The number of aromatic nitrogens is 1. The molecule has 5 nitrogen and oxygen atoms in total. The SMILES string of the molecule is O=C(NCc1ccc(N2CCC(CO)CC2)cc1)c1ccc(F)nc1. The molecule has 1 saturated heterocycles.